The number of methoxy groups -OCH3 is 1. The number of fused-ring (bicyclic) bond motifs is 1. The predicted octanol–water partition coefficient (Wildman–Crippen LogP) is 2.28. The lowest BCUT2D eigenvalue weighted by atomic mass is 10.1. The number of ketones is 1. The van der Waals surface area contributed by atoms with Crippen molar-refractivity contribution in [2.24, 2.45) is 0 Å². The molecule has 0 aliphatic carbocycles. The van der Waals surface area contributed by atoms with Gasteiger partial charge in [0.05, 0.1) is 7.11 Å². The summed E-state index contributed by atoms with van der Waals surface area (Å²) in [4.78, 5) is 21.0. The number of imidazole rings is 1. The quantitative estimate of drug-likeness (QED) is 0.683. The minimum absolute atomic E-state index is 0.104. The van der Waals surface area contributed by atoms with Gasteiger partial charge in [-0.3, -0.25) is 9.20 Å². The van der Waals surface area contributed by atoms with Crippen molar-refractivity contribution in [3.05, 3.63) is 59.7 Å². The van der Waals surface area contributed by atoms with Crippen LogP contribution < -0.4 is 4.74 Å². The van der Waals surface area contributed by atoms with E-state index in [0.29, 0.717) is 22.8 Å². The van der Waals surface area contributed by atoms with E-state index in [1.54, 1.807) is 35.9 Å². The normalized spacial score (nSPS) is 10.7. The molecule has 0 spiro atoms. The lowest BCUT2D eigenvalue weighted by Gasteiger charge is -2.01. The second kappa shape index (κ2) is 4.77. The van der Waals surface area contributed by atoms with Gasteiger partial charge in [0.1, 0.15) is 17.2 Å². The average molecular weight is 267 g/mol. The molecule has 20 heavy (non-hydrogen) atoms. The summed E-state index contributed by atoms with van der Waals surface area (Å²) >= 11 is 0. The van der Waals surface area contributed by atoms with Crippen LogP contribution in [0.2, 0.25) is 0 Å². The van der Waals surface area contributed by atoms with Gasteiger partial charge < -0.3 is 4.74 Å². The zero-order valence-corrected chi connectivity index (χ0v) is 11.2. The van der Waals surface area contributed by atoms with Crippen LogP contribution in [0.5, 0.6) is 5.88 Å². The topological polar surface area (TPSA) is 56.5 Å². The van der Waals surface area contributed by atoms with Crippen LogP contribution in [-0.4, -0.2) is 27.3 Å². The minimum Gasteiger partial charge on any atom is -0.481 e. The highest BCUT2D eigenvalue weighted by Crippen LogP contribution is 2.16. The molecule has 0 amide bonds. The summed E-state index contributed by atoms with van der Waals surface area (Å²) in [7, 11) is 1.55. The van der Waals surface area contributed by atoms with Crippen molar-refractivity contribution in [3.63, 3.8) is 0 Å². The second-order valence-corrected chi connectivity index (χ2v) is 4.40. The molecule has 0 radical (unpaired) electrons. The number of hydrogen-bond acceptors (Lipinski definition) is 4. The third kappa shape index (κ3) is 2.03. The van der Waals surface area contributed by atoms with Gasteiger partial charge in [0.25, 0.3) is 0 Å². The zero-order chi connectivity index (χ0) is 14.1. The van der Waals surface area contributed by atoms with Crippen LogP contribution in [-0.2, 0) is 0 Å². The first-order valence-corrected chi connectivity index (χ1v) is 6.19. The lowest BCUT2D eigenvalue weighted by Crippen LogP contribution is -2.00. The first kappa shape index (κ1) is 12.3. The van der Waals surface area contributed by atoms with E-state index >= 15 is 0 Å². The molecule has 1 aromatic carbocycles. The molecule has 0 aliphatic rings. The van der Waals surface area contributed by atoms with E-state index in [0.717, 1.165) is 5.82 Å². The fraction of sp³-hybridized carbons (Fsp3) is 0.133. The first-order chi connectivity index (χ1) is 9.69. The average Bonchev–Trinajstić information content (AvgIpc) is 2.92. The maximum absolute atomic E-state index is 12.4. The Morgan fingerprint density at radius 1 is 1.20 bits per heavy atom. The number of rotatable bonds is 3. The molecule has 5 nitrogen and oxygen atoms in total. The van der Waals surface area contributed by atoms with Crippen LogP contribution in [0.25, 0.3) is 5.65 Å². The van der Waals surface area contributed by atoms with Gasteiger partial charge in [-0.2, -0.15) is 0 Å². The molecule has 0 atom stereocenters. The van der Waals surface area contributed by atoms with E-state index in [9.17, 15) is 4.79 Å². The number of aromatic nitrogens is 3. The first-order valence-electron chi connectivity index (χ1n) is 6.19. The SMILES string of the molecule is COc1cc2nc(C(=O)c3ccccc3)cn2c(C)n1. The molecule has 3 rings (SSSR count). The Labute approximate surface area is 115 Å². The molecule has 0 saturated heterocycles. The molecular formula is C15H13N3O2. The molecule has 0 aliphatic heterocycles. The van der Waals surface area contributed by atoms with Crippen molar-refractivity contribution >= 4 is 11.4 Å². The number of nitrogens with zero attached hydrogens (tertiary/aromatic N) is 3. The van der Waals surface area contributed by atoms with E-state index < -0.39 is 0 Å². The van der Waals surface area contributed by atoms with Crippen molar-refractivity contribution < 1.29 is 9.53 Å². The van der Waals surface area contributed by atoms with Crippen molar-refractivity contribution in [2.45, 2.75) is 6.92 Å². The highest BCUT2D eigenvalue weighted by Gasteiger charge is 2.14. The van der Waals surface area contributed by atoms with E-state index in [1.807, 2.05) is 25.1 Å². The van der Waals surface area contributed by atoms with Crippen molar-refractivity contribution in [1.82, 2.24) is 14.4 Å². The van der Waals surface area contributed by atoms with Gasteiger partial charge in [-0.05, 0) is 6.92 Å². The number of carbonyl (C=O) groups excluding carboxylic acids is 1. The highest BCUT2D eigenvalue weighted by molar-refractivity contribution is 6.07. The van der Waals surface area contributed by atoms with Gasteiger partial charge >= 0.3 is 0 Å². The summed E-state index contributed by atoms with van der Waals surface area (Å²) in [6, 6.07) is 10.8. The zero-order valence-electron chi connectivity index (χ0n) is 11.2. The standard InChI is InChI=1S/C15H13N3O2/c1-10-16-14(20-2)8-13-17-12(9-18(10)13)15(19)11-6-4-3-5-7-11/h3-9H,1-2H3. The van der Waals surface area contributed by atoms with E-state index in [-0.39, 0.29) is 5.78 Å². The van der Waals surface area contributed by atoms with Crippen LogP contribution >= 0.6 is 0 Å². The smallest absolute Gasteiger partial charge is 0.218 e. The summed E-state index contributed by atoms with van der Waals surface area (Å²) < 4.78 is 6.88. The largest absolute Gasteiger partial charge is 0.481 e. The Morgan fingerprint density at radius 3 is 2.65 bits per heavy atom. The maximum Gasteiger partial charge on any atom is 0.218 e. The molecule has 5 heteroatoms. The molecule has 3 aromatic rings. The molecule has 0 unspecified atom stereocenters. The maximum atomic E-state index is 12.4. The van der Waals surface area contributed by atoms with E-state index in [2.05, 4.69) is 9.97 Å². The van der Waals surface area contributed by atoms with Crippen LogP contribution in [0.3, 0.4) is 0 Å². The fourth-order valence-electron chi connectivity index (χ4n) is 2.06. The van der Waals surface area contributed by atoms with Crippen molar-refractivity contribution in [2.75, 3.05) is 7.11 Å². The Balaban J connectivity index is 2.10. The number of carbonyl (C=O) groups is 1. The second-order valence-electron chi connectivity index (χ2n) is 4.40. The van der Waals surface area contributed by atoms with Gasteiger partial charge in [-0.25, -0.2) is 9.97 Å². The molecule has 100 valence electrons. The van der Waals surface area contributed by atoms with Crippen LogP contribution in [0.4, 0.5) is 0 Å². The molecule has 0 bridgehead atoms. The minimum atomic E-state index is -0.104. The third-order valence-electron chi connectivity index (χ3n) is 3.08. The molecule has 0 N–H and O–H groups in total. The lowest BCUT2D eigenvalue weighted by molar-refractivity contribution is 0.103. The Bertz CT molecular complexity index is 778. The number of aryl methyl sites for hydroxylation is 1. The monoisotopic (exact) mass is 267 g/mol. The van der Waals surface area contributed by atoms with Gasteiger partial charge in [0, 0.05) is 17.8 Å². The summed E-state index contributed by atoms with van der Waals surface area (Å²) in [6.07, 6.45) is 1.70. The molecule has 2 aromatic heterocycles. The van der Waals surface area contributed by atoms with Crippen LogP contribution in [0.15, 0.2) is 42.6 Å². The fourth-order valence-corrected chi connectivity index (χ4v) is 2.06. The van der Waals surface area contributed by atoms with Crippen molar-refractivity contribution in [3.8, 4) is 5.88 Å². The third-order valence-corrected chi connectivity index (χ3v) is 3.08. The number of benzene rings is 1. The number of ether oxygens (including phenoxy) is 1. The van der Waals surface area contributed by atoms with Crippen LogP contribution in [0, 0.1) is 6.92 Å². The number of hydrogen-bond donors (Lipinski definition) is 0. The summed E-state index contributed by atoms with van der Waals surface area (Å²) in [5.74, 6) is 1.10. The van der Waals surface area contributed by atoms with Gasteiger partial charge in [-0.15, -0.1) is 0 Å². The highest BCUT2D eigenvalue weighted by atomic mass is 16.5. The van der Waals surface area contributed by atoms with Gasteiger partial charge in [0.15, 0.2) is 0 Å². The van der Waals surface area contributed by atoms with Gasteiger partial charge in [0.2, 0.25) is 11.7 Å². The summed E-state index contributed by atoms with van der Waals surface area (Å²) in [5, 5.41) is 0. The van der Waals surface area contributed by atoms with Gasteiger partial charge in [-0.1, -0.05) is 30.3 Å². The summed E-state index contributed by atoms with van der Waals surface area (Å²) in [5.41, 5.74) is 1.66. The molecule has 0 fully saturated rings. The van der Waals surface area contributed by atoms with Crippen LogP contribution in [0.1, 0.15) is 21.9 Å². The Hall–Kier alpha value is -2.69. The molecule has 0 saturated carbocycles. The van der Waals surface area contributed by atoms with Crippen molar-refractivity contribution in [1.29, 1.82) is 0 Å². The van der Waals surface area contributed by atoms with E-state index in [1.165, 1.54) is 0 Å². The summed E-state index contributed by atoms with van der Waals surface area (Å²) in [6.45, 7) is 1.84. The Kier molecular flexibility index (Phi) is 2.95. The predicted molar refractivity (Wildman–Crippen MR) is 74.2 cm³/mol. The Morgan fingerprint density at radius 2 is 1.95 bits per heavy atom. The van der Waals surface area contributed by atoms with E-state index in [4.69, 9.17) is 4.74 Å². The molecular weight excluding hydrogens is 254 g/mol. The molecule has 2 heterocycles.